The van der Waals surface area contributed by atoms with Crippen LogP contribution in [0.1, 0.15) is 5.56 Å². The molecule has 0 saturated carbocycles. The lowest BCUT2D eigenvalue weighted by molar-refractivity contribution is -0.388. The molecule has 8 nitrogen and oxygen atoms in total. The van der Waals surface area contributed by atoms with Gasteiger partial charge in [0.1, 0.15) is 5.82 Å². The highest BCUT2D eigenvalue weighted by Gasteiger charge is 2.33. The predicted molar refractivity (Wildman–Crippen MR) is 87.5 cm³/mol. The van der Waals surface area contributed by atoms with Crippen LogP contribution in [0.4, 0.5) is 28.9 Å². The topological polar surface area (TPSA) is 113 Å². The number of alkyl halides is 3. The molecule has 0 radical (unpaired) electrons. The van der Waals surface area contributed by atoms with Gasteiger partial charge in [0, 0.05) is 18.2 Å². The van der Waals surface area contributed by atoms with Crippen molar-refractivity contribution in [2.24, 2.45) is 0 Å². The van der Waals surface area contributed by atoms with E-state index in [2.05, 4.69) is 0 Å². The average Bonchev–Trinajstić information content (AvgIpc) is 2.58. The molecule has 13 heteroatoms. The molecule has 0 aliphatic heterocycles. The molecular formula is C15H8F4N2O6S. The van der Waals surface area contributed by atoms with Crippen molar-refractivity contribution >= 4 is 29.1 Å². The van der Waals surface area contributed by atoms with Gasteiger partial charge in [-0.3, -0.25) is 25.0 Å². The van der Waals surface area contributed by atoms with Crippen LogP contribution in [0.5, 0.6) is 5.75 Å². The first-order valence-electron chi connectivity index (χ1n) is 7.12. The molecule has 148 valence electrons. The first kappa shape index (κ1) is 21.1. The van der Waals surface area contributed by atoms with Crippen LogP contribution in [0.25, 0.3) is 0 Å². The Morgan fingerprint density at radius 1 is 1.04 bits per heavy atom. The van der Waals surface area contributed by atoms with Crippen LogP contribution in [0.2, 0.25) is 0 Å². The molecule has 2 aromatic rings. The van der Waals surface area contributed by atoms with E-state index in [-0.39, 0.29) is 4.90 Å². The van der Waals surface area contributed by atoms with Gasteiger partial charge < -0.3 is 4.74 Å². The molecule has 0 aliphatic rings. The number of rotatable bonds is 6. The number of nitrogens with zero attached hydrogens (tertiary/aromatic N) is 2. The van der Waals surface area contributed by atoms with Crippen molar-refractivity contribution in [1.82, 2.24) is 0 Å². The molecular weight excluding hydrogens is 412 g/mol. The van der Waals surface area contributed by atoms with E-state index >= 15 is 0 Å². The van der Waals surface area contributed by atoms with Crippen molar-refractivity contribution in [2.45, 2.75) is 11.1 Å². The summed E-state index contributed by atoms with van der Waals surface area (Å²) in [5.41, 5.74) is -2.79. The zero-order chi connectivity index (χ0) is 21.1. The Hall–Kier alpha value is -3.22. The van der Waals surface area contributed by atoms with Crippen molar-refractivity contribution < 1.29 is 36.9 Å². The van der Waals surface area contributed by atoms with Gasteiger partial charge in [0.05, 0.1) is 26.1 Å². The zero-order valence-corrected chi connectivity index (χ0v) is 14.3. The second-order valence-corrected chi connectivity index (χ2v) is 6.09. The van der Waals surface area contributed by atoms with Crippen LogP contribution in [0.15, 0.2) is 41.3 Å². The summed E-state index contributed by atoms with van der Waals surface area (Å²) in [4.78, 5) is 31.5. The molecule has 28 heavy (non-hydrogen) atoms. The Balaban J connectivity index is 2.16. The Bertz CT molecular complexity index is 951. The molecule has 2 rings (SSSR count). The summed E-state index contributed by atoms with van der Waals surface area (Å²) >= 11 is 0.493. The number of thioether (sulfide) groups is 1. The number of ether oxygens (including phenoxy) is 1. The quantitative estimate of drug-likeness (QED) is 0.170. The Kier molecular flexibility index (Phi) is 6.18. The van der Waals surface area contributed by atoms with Crippen molar-refractivity contribution in [2.75, 3.05) is 5.75 Å². The van der Waals surface area contributed by atoms with Crippen molar-refractivity contribution in [3.05, 3.63) is 68.0 Å². The number of esters is 1. The second-order valence-electron chi connectivity index (χ2n) is 5.07. The van der Waals surface area contributed by atoms with Gasteiger partial charge in [-0.05, 0) is 18.2 Å². The van der Waals surface area contributed by atoms with Gasteiger partial charge in [0.15, 0.2) is 0 Å². The molecule has 0 bridgehead atoms. The third kappa shape index (κ3) is 5.16. The fourth-order valence-corrected chi connectivity index (χ4v) is 2.75. The first-order valence-corrected chi connectivity index (χ1v) is 8.10. The number of halogens is 4. The van der Waals surface area contributed by atoms with E-state index in [0.717, 1.165) is 18.2 Å². The number of hydrogen-bond donors (Lipinski definition) is 0. The summed E-state index contributed by atoms with van der Waals surface area (Å²) in [5, 5.41) is 21.8. The van der Waals surface area contributed by atoms with E-state index in [1.165, 1.54) is 0 Å². The standard InChI is InChI=1S/C15H8F4N2O6S/c16-9-2-3-10(20(23)24)12(6-9)27-14(22)7-28-13-4-1-8(15(17,18)19)5-11(13)21(25)26/h1-6H,7H2. The normalized spacial score (nSPS) is 11.1. The fourth-order valence-electron chi connectivity index (χ4n) is 1.97. The molecule has 0 atom stereocenters. The van der Waals surface area contributed by atoms with Gasteiger partial charge in [0.2, 0.25) is 5.75 Å². The van der Waals surface area contributed by atoms with Crippen molar-refractivity contribution in [3.63, 3.8) is 0 Å². The average molecular weight is 420 g/mol. The third-order valence-corrected chi connectivity index (χ3v) is 4.21. The molecule has 0 aromatic heterocycles. The largest absolute Gasteiger partial charge is 0.418 e. The maximum Gasteiger partial charge on any atom is 0.416 e. The highest BCUT2D eigenvalue weighted by molar-refractivity contribution is 8.00. The van der Waals surface area contributed by atoms with Gasteiger partial charge in [0.25, 0.3) is 5.69 Å². The lowest BCUT2D eigenvalue weighted by Crippen LogP contribution is -2.12. The van der Waals surface area contributed by atoms with Crippen LogP contribution in [-0.2, 0) is 11.0 Å². The minimum atomic E-state index is -4.79. The lowest BCUT2D eigenvalue weighted by Gasteiger charge is -2.09. The minimum Gasteiger partial charge on any atom is -0.418 e. The molecule has 0 unspecified atom stereocenters. The van der Waals surface area contributed by atoms with Crippen LogP contribution < -0.4 is 4.74 Å². The maximum atomic E-state index is 13.2. The minimum absolute atomic E-state index is 0.247. The number of hydrogen-bond acceptors (Lipinski definition) is 7. The summed E-state index contributed by atoms with van der Waals surface area (Å²) in [6, 6.07) is 3.94. The van der Waals surface area contributed by atoms with Crippen molar-refractivity contribution in [3.8, 4) is 5.75 Å². The fraction of sp³-hybridized carbons (Fsp3) is 0.133. The lowest BCUT2D eigenvalue weighted by atomic mass is 10.2. The van der Waals surface area contributed by atoms with Crippen LogP contribution >= 0.6 is 11.8 Å². The number of carbonyl (C=O) groups excluding carboxylic acids is 1. The molecule has 0 spiro atoms. The summed E-state index contributed by atoms with van der Waals surface area (Å²) < 4.78 is 55.9. The van der Waals surface area contributed by atoms with Gasteiger partial charge in [-0.15, -0.1) is 11.8 Å². The summed E-state index contributed by atoms with van der Waals surface area (Å²) in [5.74, 6) is -3.32. The second kappa shape index (κ2) is 8.21. The van der Waals surface area contributed by atoms with E-state index in [9.17, 15) is 42.6 Å². The van der Waals surface area contributed by atoms with Gasteiger partial charge in [-0.1, -0.05) is 0 Å². The van der Waals surface area contributed by atoms with Gasteiger partial charge >= 0.3 is 17.8 Å². The molecule has 0 N–H and O–H groups in total. The maximum absolute atomic E-state index is 13.2. The van der Waals surface area contributed by atoms with E-state index < -0.39 is 56.3 Å². The Morgan fingerprint density at radius 3 is 2.25 bits per heavy atom. The van der Waals surface area contributed by atoms with Gasteiger partial charge in [-0.2, -0.15) is 13.2 Å². The van der Waals surface area contributed by atoms with E-state index in [1.54, 1.807) is 0 Å². The molecule has 0 fully saturated rings. The van der Waals surface area contributed by atoms with Crippen LogP contribution in [0, 0.1) is 26.0 Å². The SMILES string of the molecule is O=C(CSc1ccc(C(F)(F)F)cc1[N+](=O)[O-])Oc1cc(F)ccc1[N+](=O)[O-]. The predicted octanol–water partition coefficient (Wildman–Crippen LogP) is 4.36. The molecule has 0 aliphatic carbocycles. The zero-order valence-electron chi connectivity index (χ0n) is 13.4. The van der Waals surface area contributed by atoms with E-state index in [0.29, 0.717) is 30.0 Å². The molecule has 0 amide bonds. The highest BCUT2D eigenvalue weighted by Crippen LogP contribution is 2.36. The Morgan fingerprint density at radius 2 is 1.68 bits per heavy atom. The van der Waals surface area contributed by atoms with Crippen molar-refractivity contribution in [1.29, 1.82) is 0 Å². The van der Waals surface area contributed by atoms with Crippen LogP contribution in [-0.4, -0.2) is 21.6 Å². The summed E-state index contributed by atoms with van der Waals surface area (Å²) in [6.07, 6.45) is -4.79. The van der Waals surface area contributed by atoms with E-state index in [4.69, 9.17) is 4.74 Å². The molecule has 0 saturated heterocycles. The van der Waals surface area contributed by atoms with Crippen LogP contribution in [0.3, 0.4) is 0 Å². The number of nitro groups is 2. The monoisotopic (exact) mass is 420 g/mol. The summed E-state index contributed by atoms with van der Waals surface area (Å²) in [6.45, 7) is 0. The van der Waals surface area contributed by atoms with E-state index in [1.807, 2.05) is 0 Å². The number of benzene rings is 2. The molecule has 2 aromatic carbocycles. The number of nitro benzene ring substituents is 2. The third-order valence-electron chi connectivity index (χ3n) is 3.17. The summed E-state index contributed by atoms with van der Waals surface area (Å²) in [7, 11) is 0. The highest BCUT2D eigenvalue weighted by atomic mass is 32.2. The number of carbonyl (C=O) groups is 1. The smallest absolute Gasteiger partial charge is 0.416 e. The first-order chi connectivity index (χ1) is 13.0. The molecule has 0 heterocycles. The Labute approximate surface area is 157 Å². The van der Waals surface area contributed by atoms with Gasteiger partial charge in [-0.25, -0.2) is 4.39 Å².